The van der Waals surface area contributed by atoms with Gasteiger partial charge in [0.05, 0.1) is 0 Å². The van der Waals surface area contributed by atoms with Crippen LogP contribution in [0, 0.1) is 11.8 Å². The molecule has 0 aliphatic heterocycles. The molecule has 0 aromatic heterocycles. The Balaban J connectivity index is 2.07. The fourth-order valence-electron chi connectivity index (χ4n) is 5.64. The number of rotatable bonds is 14. The van der Waals surface area contributed by atoms with Crippen LogP contribution in [0.2, 0.25) is 25.7 Å². The molecule has 3 aromatic carbocycles. The molecule has 3 atom stereocenters. The SMILES string of the molecule is CC(C)=C[C@H](C)[C@@H](OCOCC[Si](C)(C)C)[C@@H](C)CP(I)(c1ccccc1)(c1ccccc1)c1ccccc1. The first-order valence-corrected chi connectivity index (χ1v) is 23.1. The van der Waals surface area contributed by atoms with Crippen LogP contribution in [0.4, 0.5) is 0 Å². The molecule has 0 radical (unpaired) electrons. The summed E-state index contributed by atoms with van der Waals surface area (Å²) in [6.45, 7) is 17.3. The second kappa shape index (κ2) is 14.0. The molecule has 0 spiro atoms. The normalized spacial score (nSPS) is 15.5. The molecule has 0 unspecified atom stereocenters. The molecule has 3 aromatic rings. The van der Waals surface area contributed by atoms with Crippen LogP contribution in [0.3, 0.4) is 0 Å². The van der Waals surface area contributed by atoms with Crippen molar-refractivity contribution in [3.63, 3.8) is 0 Å². The number of hydrogen-bond donors (Lipinski definition) is 0. The van der Waals surface area contributed by atoms with E-state index in [1.54, 1.807) is 0 Å². The van der Waals surface area contributed by atoms with Crippen LogP contribution < -0.4 is 15.9 Å². The first-order chi connectivity index (χ1) is 18.5. The van der Waals surface area contributed by atoms with Crippen molar-refractivity contribution in [2.45, 2.75) is 59.5 Å². The van der Waals surface area contributed by atoms with Gasteiger partial charge in [0.15, 0.2) is 0 Å². The van der Waals surface area contributed by atoms with Crippen LogP contribution in [0.5, 0.6) is 0 Å². The Morgan fingerprint density at radius 3 is 1.62 bits per heavy atom. The van der Waals surface area contributed by atoms with Crippen molar-refractivity contribution in [3.8, 4) is 0 Å². The molecule has 39 heavy (non-hydrogen) atoms. The Hall–Kier alpha value is -1.30. The summed E-state index contributed by atoms with van der Waals surface area (Å²) < 4.78 is 9.80. The zero-order valence-corrected chi connectivity index (χ0v) is 29.0. The molecule has 0 fully saturated rings. The number of hydrogen-bond acceptors (Lipinski definition) is 2. The molecule has 0 aliphatic rings. The number of ether oxygens (including phenoxy) is 2. The predicted octanol–water partition coefficient (Wildman–Crippen LogP) is 8.80. The van der Waals surface area contributed by atoms with Gasteiger partial charge in [0.2, 0.25) is 0 Å². The summed E-state index contributed by atoms with van der Waals surface area (Å²) in [6, 6.07) is 34.7. The maximum atomic E-state index is 6.65. The average Bonchev–Trinajstić information content (AvgIpc) is 2.91. The van der Waals surface area contributed by atoms with Crippen LogP contribution >= 0.6 is 26.3 Å². The van der Waals surface area contributed by atoms with Crippen molar-refractivity contribution in [1.29, 1.82) is 0 Å². The number of allylic oxidation sites excluding steroid dienone is 1. The zero-order chi connectivity index (χ0) is 28.5. The molecule has 3 rings (SSSR count). The van der Waals surface area contributed by atoms with Gasteiger partial charge < -0.3 is 0 Å². The van der Waals surface area contributed by atoms with E-state index in [9.17, 15) is 0 Å². The molecular formula is C34H48IO2PSi. The number of benzene rings is 3. The van der Waals surface area contributed by atoms with E-state index in [1.807, 2.05) is 0 Å². The molecule has 0 saturated carbocycles. The first kappa shape index (κ1) is 32.2. The summed E-state index contributed by atoms with van der Waals surface area (Å²) in [4.78, 5) is 0. The quantitative estimate of drug-likeness (QED) is 0.0425. The Morgan fingerprint density at radius 1 is 0.795 bits per heavy atom. The monoisotopic (exact) mass is 674 g/mol. The molecule has 0 amide bonds. The summed E-state index contributed by atoms with van der Waals surface area (Å²) >= 11 is 2.90. The molecule has 212 valence electrons. The van der Waals surface area contributed by atoms with Crippen LogP contribution in [-0.2, 0) is 9.47 Å². The summed E-state index contributed by atoms with van der Waals surface area (Å²) in [5, 5.41) is 4.23. The van der Waals surface area contributed by atoms with Crippen LogP contribution in [0.1, 0.15) is 27.7 Å². The van der Waals surface area contributed by atoms with Gasteiger partial charge in [-0.15, -0.1) is 0 Å². The van der Waals surface area contributed by atoms with E-state index in [-0.39, 0.29) is 17.9 Å². The molecule has 0 aliphatic carbocycles. The Kier molecular flexibility index (Phi) is 11.6. The molecular weight excluding hydrogens is 626 g/mol. The van der Waals surface area contributed by atoms with E-state index in [0.717, 1.165) is 18.8 Å². The first-order valence-electron chi connectivity index (χ1n) is 14.2. The minimum absolute atomic E-state index is 0.0409. The molecule has 5 heteroatoms. The van der Waals surface area contributed by atoms with Gasteiger partial charge in [0.1, 0.15) is 0 Å². The minimum atomic E-state index is -2.90. The van der Waals surface area contributed by atoms with Gasteiger partial charge in [-0.3, -0.25) is 0 Å². The van der Waals surface area contributed by atoms with Crippen LogP contribution in [-0.4, -0.2) is 33.7 Å². The Morgan fingerprint density at radius 2 is 1.23 bits per heavy atom. The summed E-state index contributed by atoms with van der Waals surface area (Å²) in [7, 11) is -1.14. The van der Waals surface area contributed by atoms with Gasteiger partial charge in [-0.25, -0.2) is 0 Å². The zero-order valence-electron chi connectivity index (χ0n) is 24.9. The third-order valence-corrected chi connectivity index (χ3v) is 20.8. The van der Waals surface area contributed by atoms with E-state index < -0.39 is 12.3 Å². The molecule has 0 saturated heterocycles. The van der Waals surface area contributed by atoms with E-state index in [1.165, 1.54) is 21.5 Å². The van der Waals surface area contributed by atoms with Crippen molar-refractivity contribution in [2.24, 2.45) is 11.8 Å². The fraction of sp³-hybridized carbons (Fsp3) is 0.412. The third-order valence-electron chi connectivity index (χ3n) is 7.53. The predicted molar refractivity (Wildman–Crippen MR) is 186 cm³/mol. The van der Waals surface area contributed by atoms with E-state index in [2.05, 4.69) is 166 Å². The van der Waals surface area contributed by atoms with Gasteiger partial charge in [-0.1, -0.05) is 0 Å². The number of halogens is 1. The van der Waals surface area contributed by atoms with Crippen molar-refractivity contribution in [2.75, 3.05) is 19.6 Å². The van der Waals surface area contributed by atoms with E-state index in [0.29, 0.717) is 6.79 Å². The molecule has 0 heterocycles. The topological polar surface area (TPSA) is 18.5 Å². The maximum absolute atomic E-state index is 6.65. The third kappa shape index (κ3) is 8.13. The summed E-state index contributed by atoms with van der Waals surface area (Å²) in [5.41, 5.74) is 1.32. The standard InChI is InChI=1S/C34H48IO2PSi/c1-28(2)25-29(3)34(37-27-36-23-24-39(5,6)7)30(4)26-38(35,31-17-11-8-12-18-31,32-19-13-9-14-20-32)33-21-15-10-16-22-33/h8-22,25,29-30,34H,23-24,26-27H2,1-7H3/t29-,30-,34+/m0/s1. The van der Waals surface area contributed by atoms with Gasteiger partial charge in [0.25, 0.3) is 0 Å². The average molecular weight is 675 g/mol. The summed E-state index contributed by atoms with van der Waals surface area (Å²) in [6.07, 6.45) is 3.41. The van der Waals surface area contributed by atoms with Crippen molar-refractivity contribution in [1.82, 2.24) is 0 Å². The second-order valence-electron chi connectivity index (χ2n) is 12.4. The van der Waals surface area contributed by atoms with Crippen molar-refractivity contribution in [3.05, 3.63) is 103 Å². The Bertz CT molecular complexity index is 1070. The Labute approximate surface area is 252 Å². The molecule has 2 nitrogen and oxygen atoms in total. The van der Waals surface area contributed by atoms with Crippen LogP contribution in [0.15, 0.2) is 103 Å². The molecule has 0 N–H and O–H groups in total. The molecule has 0 bridgehead atoms. The summed E-state index contributed by atoms with van der Waals surface area (Å²) in [5.74, 6) is 0.560. The van der Waals surface area contributed by atoms with Gasteiger partial charge >= 0.3 is 253 Å². The van der Waals surface area contributed by atoms with Crippen LogP contribution in [0.25, 0.3) is 0 Å². The van der Waals surface area contributed by atoms with Gasteiger partial charge in [0, 0.05) is 0 Å². The second-order valence-corrected chi connectivity index (χ2v) is 28.7. The van der Waals surface area contributed by atoms with Crippen molar-refractivity contribution < 1.29 is 9.47 Å². The van der Waals surface area contributed by atoms with E-state index >= 15 is 0 Å². The van der Waals surface area contributed by atoms with Gasteiger partial charge in [-0.2, -0.15) is 0 Å². The van der Waals surface area contributed by atoms with E-state index in [4.69, 9.17) is 9.47 Å². The van der Waals surface area contributed by atoms with Gasteiger partial charge in [-0.05, 0) is 0 Å². The van der Waals surface area contributed by atoms with Crippen molar-refractivity contribution >= 4 is 50.3 Å². The fourth-order valence-corrected chi connectivity index (χ4v) is 16.4.